The molecule has 1 aliphatic carbocycles. The number of thiophene rings is 1. The lowest BCUT2D eigenvalue weighted by Crippen LogP contribution is -2.35. The van der Waals surface area contributed by atoms with Crippen molar-refractivity contribution in [1.82, 2.24) is 0 Å². The molecule has 0 spiro atoms. The monoisotopic (exact) mass is 452 g/mol. The molecule has 1 amide bonds. The van der Waals surface area contributed by atoms with Crippen LogP contribution in [0.5, 0.6) is 0 Å². The highest BCUT2D eigenvalue weighted by atomic mass is 32.2. The van der Waals surface area contributed by atoms with Crippen LogP contribution in [0.3, 0.4) is 0 Å². The quantitative estimate of drug-likeness (QED) is 0.604. The van der Waals surface area contributed by atoms with Gasteiger partial charge in [-0.25, -0.2) is 8.42 Å². The molecular weight excluding hydrogens is 428 g/mol. The van der Waals surface area contributed by atoms with Gasteiger partial charge < -0.3 is 4.90 Å². The predicted octanol–water partition coefficient (Wildman–Crippen LogP) is 5.02. The first kappa shape index (κ1) is 20.3. The van der Waals surface area contributed by atoms with Crippen LogP contribution in [0.15, 0.2) is 58.8 Å². The Morgan fingerprint density at radius 1 is 0.903 bits per heavy atom. The summed E-state index contributed by atoms with van der Waals surface area (Å²) >= 11 is 1.42. The maximum atomic E-state index is 13.1. The predicted molar refractivity (Wildman–Crippen MR) is 125 cm³/mol. The number of rotatable bonds is 4. The normalized spacial score (nSPS) is 15.8. The molecule has 1 N–H and O–H groups in total. The number of aryl methyl sites for hydroxylation is 3. The van der Waals surface area contributed by atoms with Crippen LogP contribution in [0.1, 0.15) is 45.6 Å². The number of hydrogen-bond donors (Lipinski definition) is 1. The third-order valence-electron chi connectivity index (χ3n) is 6.06. The fourth-order valence-corrected chi connectivity index (χ4v) is 6.24. The summed E-state index contributed by atoms with van der Waals surface area (Å²) in [5, 5.41) is 1.89. The van der Waals surface area contributed by atoms with E-state index in [9.17, 15) is 13.2 Å². The van der Waals surface area contributed by atoms with Crippen LogP contribution in [0, 0.1) is 0 Å². The van der Waals surface area contributed by atoms with Gasteiger partial charge in [-0.3, -0.25) is 9.52 Å². The molecule has 0 radical (unpaired) electrons. The van der Waals surface area contributed by atoms with Crippen molar-refractivity contribution in [1.29, 1.82) is 0 Å². The number of sulfonamides is 1. The summed E-state index contributed by atoms with van der Waals surface area (Å²) in [5.41, 5.74) is 4.71. The van der Waals surface area contributed by atoms with Gasteiger partial charge in [-0.1, -0.05) is 18.2 Å². The highest BCUT2D eigenvalue weighted by molar-refractivity contribution is 7.92. The highest BCUT2D eigenvalue weighted by Crippen LogP contribution is 2.33. The topological polar surface area (TPSA) is 66.5 Å². The second-order valence-corrected chi connectivity index (χ2v) is 10.8. The summed E-state index contributed by atoms with van der Waals surface area (Å²) in [4.78, 5) is 15.7. The summed E-state index contributed by atoms with van der Waals surface area (Å²) in [6.45, 7) is 0.630. The largest absolute Gasteiger partial charge is 0.307 e. The molecule has 5 nitrogen and oxygen atoms in total. The van der Waals surface area contributed by atoms with Crippen LogP contribution >= 0.6 is 11.3 Å². The Morgan fingerprint density at radius 2 is 1.68 bits per heavy atom. The Morgan fingerprint density at radius 3 is 2.48 bits per heavy atom. The Kier molecular flexibility index (Phi) is 5.32. The molecule has 1 aliphatic heterocycles. The standard InChI is InChI=1S/C24H24N2O3S2/c27-24(23-8-4-14-30-23)26-13-3-7-18-9-11-20(16-22(18)26)25-31(28,29)21-12-10-17-5-1-2-6-19(17)15-21/h4,8-12,14-16,25H,1-3,5-7,13H2. The van der Waals surface area contributed by atoms with Crippen molar-refractivity contribution >= 4 is 38.6 Å². The van der Waals surface area contributed by atoms with Gasteiger partial charge >= 0.3 is 0 Å². The van der Waals surface area contributed by atoms with Crippen molar-refractivity contribution in [3.8, 4) is 0 Å². The minimum Gasteiger partial charge on any atom is -0.307 e. The fourth-order valence-electron chi connectivity index (χ4n) is 4.47. The Hall–Kier alpha value is -2.64. The summed E-state index contributed by atoms with van der Waals surface area (Å²) in [5.74, 6) is -0.0364. The van der Waals surface area contributed by atoms with Crippen LogP contribution < -0.4 is 9.62 Å². The summed E-state index contributed by atoms with van der Waals surface area (Å²) in [6.07, 6.45) is 5.97. The molecule has 7 heteroatoms. The number of carbonyl (C=O) groups is 1. The molecule has 0 fully saturated rings. The van der Waals surface area contributed by atoms with Crippen molar-refractivity contribution < 1.29 is 13.2 Å². The molecule has 0 bridgehead atoms. The van der Waals surface area contributed by atoms with E-state index in [0.29, 0.717) is 17.1 Å². The molecule has 3 aromatic rings. The lowest BCUT2D eigenvalue weighted by molar-refractivity contribution is 0.0989. The number of anilines is 2. The first-order valence-electron chi connectivity index (χ1n) is 10.6. The maximum Gasteiger partial charge on any atom is 0.268 e. The number of nitrogens with one attached hydrogen (secondary N) is 1. The van der Waals surface area contributed by atoms with Gasteiger partial charge in [0.2, 0.25) is 0 Å². The first-order chi connectivity index (χ1) is 15.0. The van der Waals surface area contributed by atoms with Gasteiger partial charge in [0, 0.05) is 12.2 Å². The van der Waals surface area contributed by atoms with Crippen molar-refractivity contribution in [2.45, 2.75) is 43.4 Å². The average Bonchev–Trinajstić information content (AvgIpc) is 3.32. The van der Waals surface area contributed by atoms with E-state index >= 15 is 0 Å². The van der Waals surface area contributed by atoms with Crippen LogP contribution in [-0.4, -0.2) is 20.9 Å². The smallest absolute Gasteiger partial charge is 0.268 e. The van der Waals surface area contributed by atoms with Gasteiger partial charge in [0.15, 0.2) is 0 Å². The van der Waals surface area contributed by atoms with E-state index in [1.165, 1.54) is 16.9 Å². The van der Waals surface area contributed by atoms with E-state index in [4.69, 9.17) is 0 Å². The number of benzene rings is 2. The second kappa shape index (κ2) is 8.13. The van der Waals surface area contributed by atoms with E-state index in [0.717, 1.165) is 55.3 Å². The minimum atomic E-state index is -3.71. The minimum absolute atomic E-state index is 0.0364. The summed E-state index contributed by atoms with van der Waals surface area (Å²) in [7, 11) is -3.71. The Bertz CT molecular complexity index is 1230. The molecule has 0 saturated heterocycles. The van der Waals surface area contributed by atoms with E-state index in [1.807, 2.05) is 35.7 Å². The second-order valence-electron chi connectivity index (χ2n) is 8.12. The zero-order chi connectivity index (χ0) is 21.4. The van der Waals surface area contributed by atoms with Gasteiger partial charge in [-0.15, -0.1) is 11.3 Å². The lowest BCUT2D eigenvalue weighted by atomic mass is 9.92. The van der Waals surface area contributed by atoms with Gasteiger partial charge in [0.05, 0.1) is 15.5 Å². The zero-order valence-corrected chi connectivity index (χ0v) is 18.8. The van der Waals surface area contributed by atoms with Crippen LogP contribution in [0.25, 0.3) is 0 Å². The SMILES string of the molecule is O=C(c1cccs1)N1CCCc2ccc(NS(=O)(=O)c3ccc4c(c3)CCCC4)cc21. The highest BCUT2D eigenvalue weighted by Gasteiger charge is 2.25. The number of amides is 1. The molecule has 5 rings (SSSR count). The lowest BCUT2D eigenvalue weighted by Gasteiger charge is -2.29. The van der Waals surface area contributed by atoms with Crippen LogP contribution in [0.2, 0.25) is 0 Å². The molecule has 160 valence electrons. The molecule has 2 aromatic carbocycles. The maximum absolute atomic E-state index is 13.1. The van der Waals surface area contributed by atoms with Gasteiger partial charge in [-0.2, -0.15) is 0 Å². The molecule has 31 heavy (non-hydrogen) atoms. The van der Waals surface area contributed by atoms with Crippen LogP contribution in [0.4, 0.5) is 11.4 Å². The van der Waals surface area contributed by atoms with E-state index < -0.39 is 10.0 Å². The Labute approximate surface area is 186 Å². The van der Waals surface area contributed by atoms with Gasteiger partial charge in [-0.05, 0) is 90.9 Å². The number of nitrogens with zero attached hydrogens (tertiary/aromatic N) is 1. The number of carbonyl (C=O) groups excluding carboxylic acids is 1. The van der Waals surface area contributed by atoms with E-state index in [1.54, 1.807) is 23.1 Å². The number of fused-ring (bicyclic) bond motifs is 2. The molecule has 2 heterocycles. The first-order valence-corrected chi connectivity index (χ1v) is 13.0. The van der Waals surface area contributed by atoms with Crippen molar-refractivity contribution in [3.05, 3.63) is 75.5 Å². The third-order valence-corrected chi connectivity index (χ3v) is 8.30. The third kappa shape index (κ3) is 4.00. The van der Waals surface area contributed by atoms with E-state index in [2.05, 4.69) is 4.72 Å². The number of hydrogen-bond acceptors (Lipinski definition) is 4. The molecule has 0 saturated carbocycles. The van der Waals surface area contributed by atoms with Crippen LogP contribution in [-0.2, 0) is 29.3 Å². The van der Waals surface area contributed by atoms with Gasteiger partial charge in [0.25, 0.3) is 15.9 Å². The Balaban J connectivity index is 1.44. The molecule has 0 atom stereocenters. The molecular formula is C24H24N2O3S2. The van der Waals surface area contributed by atoms with Crippen molar-refractivity contribution in [2.75, 3.05) is 16.2 Å². The average molecular weight is 453 g/mol. The fraction of sp³-hybridized carbons (Fsp3) is 0.292. The van der Waals surface area contributed by atoms with Gasteiger partial charge in [0.1, 0.15) is 0 Å². The van der Waals surface area contributed by atoms with Crippen molar-refractivity contribution in [3.63, 3.8) is 0 Å². The summed E-state index contributed by atoms with van der Waals surface area (Å²) < 4.78 is 28.9. The molecule has 2 aliphatic rings. The molecule has 0 unspecified atom stereocenters. The van der Waals surface area contributed by atoms with E-state index in [-0.39, 0.29) is 10.8 Å². The summed E-state index contributed by atoms with van der Waals surface area (Å²) in [6, 6.07) is 14.6. The zero-order valence-electron chi connectivity index (χ0n) is 17.1. The molecule has 1 aromatic heterocycles. The van der Waals surface area contributed by atoms with Crippen molar-refractivity contribution in [2.24, 2.45) is 0 Å².